The minimum absolute atomic E-state index is 0.431. The Bertz CT molecular complexity index is 473. The molecule has 21 heavy (non-hydrogen) atoms. The molecule has 0 bridgehead atoms. The number of hydrogen-bond donors (Lipinski definition) is 1. The second-order valence-electron chi connectivity index (χ2n) is 7.36. The lowest BCUT2D eigenvalue weighted by Gasteiger charge is -2.29. The molecule has 2 rings (SSSR count). The molecule has 1 unspecified atom stereocenters. The number of rotatable bonds is 5. The molecule has 1 aromatic rings. The van der Waals surface area contributed by atoms with E-state index in [0.29, 0.717) is 11.5 Å². The normalized spacial score (nSPS) is 20.9. The van der Waals surface area contributed by atoms with E-state index in [2.05, 4.69) is 52.1 Å². The zero-order valence-electron chi connectivity index (χ0n) is 14.7. The van der Waals surface area contributed by atoms with Gasteiger partial charge in [0.1, 0.15) is 0 Å². The molecule has 0 aromatic heterocycles. The van der Waals surface area contributed by atoms with Crippen LogP contribution in [0.25, 0.3) is 0 Å². The Morgan fingerprint density at radius 3 is 2.38 bits per heavy atom. The summed E-state index contributed by atoms with van der Waals surface area (Å²) >= 11 is 0. The number of benzene rings is 1. The Morgan fingerprint density at radius 1 is 1.10 bits per heavy atom. The SMILES string of the molecule is CCCNC1CC(C)(C)CCc2c(CC)ccc(CC)c21. The van der Waals surface area contributed by atoms with Crippen molar-refractivity contribution in [2.75, 3.05) is 6.54 Å². The number of nitrogens with one attached hydrogen (secondary N) is 1. The molecule has 1 heteroatoms. The van der Waals surface area contributed by atoms with Gasteiger partial charge in [-0.05, 0) is 72.7 Å². The van der Waals surface area contributed by atoms with Crippen LogP contribution in [-0.4, -0.2) is 6.54 Å². The van der Waals surface area contributed by atoms with Crippen LogP contribution >= 0.6 is 0 Å². The summed E-state index contributed by atoms with van der Waals surface area (Å²) in [5, 5.41) is 3.85. The molecule has 1 aliphatic carbocycles. The topological polar surface area (TPSA) is 12.0 Å². The molecule has 1 aliphatic rings. The average Bonchev–Trinajstić information content (AvgIpc) is 2.61. The molecule has 0 amide bonds. The molecule has 1 atom stereocenters. The molecule has 0 saturated heterocycles. The first-order valence-electron chi connectivity index (χ1n) is 8.89. The molecule has 1 nitrogen and oxygen atoms in total. The Hall–Kier alpha value is -0.820. The van der Waals surface area contributed by atoms with Gasteiger partial charge in [-0.25, -0.2) is 0 Å². The van der Waals surface area contributed by atoms with Crippen LogP contribution in [-0.2, 0) is 19.3 Å². The summed E-state index contributed by atoms with van der Waals surface area (Å²) in [5.41, 5.74) is 6.88. The van der Waals surface area contributed by atoms with Crippen molar-refractivity contribution in [2.45, 2.75) is 79.2 Å². The predicted molar refractivity (Wildman–Crippen MR) is 93.0 cm³/mol. The van der Waals surface area contributed by atoms with E-state index in [4.69, 9.17) is 0 Å². The summed E-state index contributed by atoms with van der Waals surface area (Å²) in [6.07, 6.45) is 7.35. The Kier molecular flexibility index (Phi) is 5.48. The summed E-state index contributed by atoms with van der Waals surface area (Å²) in [6.45, 7) is 12.9. The summed E-state index contributed by atoms with van der Waals surface area (Å²) in [7, 11) is 0. The lowest BCUT2D eigenvalue weighted by Crippen LogP contribution is -2.27. The maximum absolute atomic E-state index is 3.85. The highest BCUT2D eigenvalue weighted by Crippen LogP contribution is 2.42. The molecule has 0 fully saturated rings. The fourth-order valence-electron chi connectivity index (χ4n) is 3.84. The Labute approximate surface area is 131 Å². The molecule has 0 aliphatic heterocycles. The lowest BCUT2D eigenvalue weighted by molar-refractivity contribution is 0.273. The van der Waals surface area contributed by atoms with Crippen molar-refractivity contribution in [1.82, 2.24) is 5.32 Å². The van der Waals surface area contributed by atoms with Crippen LogP contribution in [0.1, 0.15) is 82.2 Å². The van der Waals surface area contributed by atoms with Gasteiger partial charge in [0.25, 0.3) is 0 Å². The van der Waals surface area contributed by atoms with Crippen LogP contribution in [0.5, 0.6) is 0 Å². The summed E-state index contributed by atoms with van der Waals surface area (Å²) < 4.78 is 0. The highest BCUT2D eigenvalue weighted by molar-refractivity contribution is 5.44. The number of aryl methyl sites for hydroxylation is 2. The van der Waals surface area contributed by atoms with E-state index in [1.54, 1.807) is 22.3 Å². The summed E-state index contributed by atoms with van der Waals surface area (Å²) in [4.78, 5) is 0. The maximum atomic E-state index is 3.85. The maximum Gasteiger partial charge on any atom is 0.0330 e. The minimum atomic E-state index is 0.431. The molecular formula is C20H33N. The third-order valence-corrected chi connectivity index (χ3v) is 5.10. The fraction of sp³-hybridized carbons (Fsp3) is 0.700. The smallest absolute Gasteiger partial charge is 0.0330 e. The highest BCUT2D eigenvalue weighted by atomic mass is 14.9. The van der Waals surface area contributed by atoms with Crippen molar-refractivity contribution in [3.05, 3.63) is 34.4 Å². The molecule has 0 radical (unpaired) electrons. The first-order valence-corrected chi connectivity index (χ1v) is 8.89. The van der Waals surface area contributed by atoms with Crippen LogP contribution in [0.15, 0.2) is 12.1 Å². The summed E-state index contributed by atoms with van der Waals surface area (Å²) in [5.74, 6) is 0. The monoisotopic (exact) mass is 287 g/mol. The van der Waals surface area contributed by atoms with Gasteiger partial charge < -0.3 is 5.32 Å². The van der Waals surface area contributed by atoms with Gasteiger partial charge in [-0.15, -0.1) is 0 Å². The van der Waals surface area contributed by atoms with Gasteiger partial charge in [-0.1, -0.05) is 46.8 Å². The van der Waals surface area contributed by atoms with Crippen molar-refractivity contribution < 1.29 is 0 Å². The van der Waals surface area contributed by atoms with Gasteiger partial charge in [-0.3, -0.25) is 0 Å². The van der Waals surface area contributed by atoms with Crippen LogP contribution < -0.4 is 5.32 Å². The molecule has 0 spiro atoms. The fourth-order valence-corrected chi connectivity index (χ4v) is 3.84. The van der Waals surface area contributed by atoms with E-state index in [-0.39, 0.29) is 0 Å². The van der Waals surface area contributed by atoms with Gasteiger partial charge in [0, 0.05) is 6.04 Å². The molecule has 1 N–H and O–H groups in total. The largest absolute Gasteiger partial charge is 0.310 e. The van der Waals surface area contributed by atoms with E-state index in [9.17, 15) is 0 Å². The summed E-state index contributed by atoms with van der Waals surface area (Å²) in [6, 6.07) is 5.31. The Morgan fingerprint density at radius 2 is 1.76 bits per heavy atom. The van der Waals surface area contributed by atoms with Gasteiger partial charge in [0.15, 0.2) is 0 Å². The second-order valence-corrected chi connectivity index (χ2v) is 7.36. The van der Waals surface area contributed by atoms with Crippen LogP contribution in [0.4, 0.5) is 0 Å². The third-order valence-electron chi connectivity index (χ3n) is 5.10. The van der Waals surface area contributed by atoms with Crippen molar-refractivity contribution in [1.29, 1.82) is 0 Å². The number of hydrogen-bond acceptors (Lipinski definition) is 1. The van der Waals surface area contributed by atoms with E-state index in [0.717, 1.165) is 19.4 Å². The van der Waals surface area contributed by atoms with Crippen molar-refractivity contribution >= 4 is 0 Å². The first-order chi connectivity index (χ1) is 10.0. The quantitative estimate of drug-likeness (QED) is 0.733. The minimum Gasteiger partial charge on any atom is -0.310 e. The van der Waals surface area contributed by atoms with E-state index in [1.807, 2.05) is 0 Å². The molecule has 1 aromatic carbocycles. The standard InChI is InChI=1S/C20H33N/c1-6-13-21-18-14-20(4,5)12-11-17-15(7-2)9-10-16(8-3)19(17)18/h9-10,18,21H,6-8,11-14H2,1-5H3. The second kappa shape index (κ2) is 6.96. The zero-order chi connectivity index (χ0) is 15.5. The average molecular weight is 287 g/mol. The van der Waals surface area contributed by atoms with E-state index in [1.165, 1.54) is 25.7 Å². The van der Waals surface area contributed by atoms with Gasteiger partial charge in [0.05, 0.1) is 0 Å². The van der Waals surface area contributed by atoms with Crippen LogP contribution in [0.2, 0.25) is 0 Å². The molecule has 0 heterocycles. The lowest BCUT2D eigenvalue weighted by atomic mass is 9.82. The third kappa shape index (κ3) is 3.69. The molecule has 118 valence electrons. The van der Waals surface area contributed by atoms with Crippen LogP contribution in [0, 0.1) is 5.41 Å². The molecule has 0 saturated carbocycles. The highest BCUT2D eigenvalue weighted by Gasteiger charge is 2.31. The van der Waals surface area contributed by atoms with Gasteiger partial charge in [0.2, 0.25) is 0 Å². The van der Waals surface area contributed by atoms with Crippen molar-refractivity contribution in [3.8, 4) is 0 Å². The van der Waals surface area contributed by atoms with Crippen molar-refractivity contribution in [3.63, 3.8) is 0 Å². The van der Waals surface area contributed by atoms with Gasteiger partial charge in [-0.2, -0.15) is 0 Å². The predicted octanol–water partition coefficient (Wildman–Crippen LogP) is 5.21. The number of fused-ring (bicyclic) bond motifs is 1. The zero-order valence-corrected chi connectivity index (χ0v) is 14.7. The molecular weight excluding hydrogens is 254 g/mol. The van der Waals surface area contributed by atoms with E-state index >= 15 is 0 Å². The first kappa shape index (κ1) is 16.5. The van der Waals surface area contributed by atoms with E-state index < -0.39 is 0 Å². The van der Waals surface area contributed by atoms with Crippen molar-refractivity contribution in [2.24, 2.45) is 5.41 Å². The van der Waals surface area contributed by atoms with Gasteiger partial charge >= 0.3 is 0 Å². The van der Waals surface area contributed by atoms with Crippen LogP contribution in [0.3, 0.4) is 0 Å². The Balaban J connectivity index is 2.50.